The molecule has 0 aromatic heterocycles. The minimum atomic E-state index is -0.355. The van der Waals surface area contributed by atoms with E-state index in [-0.39, 0.29) is 6.10 Å². The first kappa shape index (κ1) is 13.2. The highest BCUT2D eigenvalue weighted by Gasteiger charge is 2.11. The number of aryl methyl sites for hydroxylation is 1. The van der Waals surface area contributed by atoms with Crippen molar-refractivity contribution in [2.24, 2.45) is 0 Å². The van der Waals surface area contributed by atoms with Gasteiger partial charge in [0, 0.05) is 0 Å². The zero-order valence-electron chi connectivity index (χ0n) is 10.7. The lowest BCUT2D eigenvalue weighted by Gasteiger charge is -2.16. The Balaban J connectivity index is 2.88. The summed E-state index contributed by atoms with van der Waals surface area (Å²) < 4.78 is 0. The lowest BCUT2D eigenvalue weighted by molar-refractivity contribution is 0.167. The van der Waals surface area contributed by atoms with Crippen LogP contribution >= 0.6 is 0 Å². The van der Waals surface area contributed by atoms with Gasteiger partial charge in [-0.25, -0.2) is 0 Å². The Morgan fingerprint density at radius 1 is 1.31 bits per heavy atom. The third-order valence-electron chi connectivity index (χ3n) is 3.00. The Labute approximate surface area is 98.7 Å². The van der Waals surface area contributed by atoms with Gasteiger partial charge in [-0.3, -0.25) is 0 Å². The number of rotatable bonds is 5. The summed E-state index contributed by atoms with van der Waals surface area (Å²) in [6.07, 6.45) is 0.407. The standard InChI is InChI=1S/C14H23NO/c1-10(2)12-6-5-11(3)13(9-12)14(16)7-8-15-4/h5-6,9-10,14-16H,7-8H2,1-4H3. The summed E-state index contributed by atoms with van der Waals surface area (Å²) in [5.74, 6) is 0.510. The van der Waals surface area contributed by atoms with E-state index in [1.54, 1.807) is 0 Å². The quantitative estimate of drug-likeness (QED) is 0.801. The minimum absolute atomic E-state index is 0.355. The molecule has 16 heavy (non-hydrogen) atoms. The second-order valence-electron chi connectivity index (χ2n) is 4.68. The largest absolute Gasteiger partial charge is 0.388 e. The Morgan fingerprint density at radius 3 is 2.56 bits per heavy atom. The molecule has 2 heteroatoms. The van der Waals surface area contributed by atoms with Crippen LogP contribution < -0.4 is 5.32 Å². The molecule has 2 nitrogen and oxygen atoms in total. The molecular formula is C14H23NO. The second-order valence-corrected chi connectivity index (χ2v) is 4.68. The van der Waals surface area contributed by atoms with Crippen LogP contribution in [-0.4, -0.2) is 18.7 Å². The fraction of sp³-hybridized carbons (Fsp3) is 0.571. The van der Waals surface area contributed by atoms with Crippen molar-refractivity contribution in [1.82, 2.24) is 5.32 Å². The molecule has 1 aromatic carbocycles. The van der Waals surface area contributed by atoms with Gasteiger partial charge in [-0.15, -0.1) is 0 Å². The van der Waals surface area contributed by atoms with Crippen molar-refractivity contribution in [3.63, 3.8) is 0 Å². The van der Waals surface area contributed by atoms with E-state index in [2.05, 4.69) is 44.3 Å². The number of benzene rings is 1. The van der Waals surface area contributed by atoms with Gasteiger partial charge in [-0.2, -0.15) is 0 Å². The Bertz CT molecular complexity index is 334. The first-order valence-electron chi connectivity index (χ1n) is 5.99. The molecule has 0 amide bonds. The van der Waals surface area contributed by atoms with Gasteiger partial charge in [0.25, 0.3) is 0 Å². The molecule has 0 saturated heterocycles. The predicted octanol–water partition coefficient (Wildman–Crippen LogP) is 2.76. The first-order valence-corrected chi connectivity index (χ1v) is 5.99. The third kappa shape index (κ3) is 3.32. The topological polar surface area (TPSA) is 32.3 Å². The molecule has 0 radical (unpaired) electrons. The van der Waals surface area contributed by atoms with Crippen LogP contribution in [0.25, 0.3) is 0 Å². The van der Waals surface area contributed by atoms with Gasteiger partial charge in [0.2, 0.25) is 0 Å². The number of aliphatic hydroxyl groups is 1. The van der Waals surface area contributed by atoms with E-state index in [9.17, 15) is 5.11 Å². The molecule has 0 bridgehead atoms. The van der Waals surface area contributed by atoms with Gasteiger partial charge in [0.15, 0.2) is 0 Å². The Morgan fingerprint density at radius 2 is 2.00 bits per heavy atom. The minimum Gasteiger partial charge on any atom is -0.388 e. The molecule has 90 valence electrons. The molecule has 0 heterocycles. The zero-order chi connectivity index (χ0) is 12.1. The van der Waals surface area contributed by atoms with E-state index in [1.165, 1.54) is 11.1 Å². The van der Waals surface area contributed by atoms with E-state index in [0.29, 0.717) is 5.92 Å². The van der Waals surface area contributed by atoms with Crippen molar-refractivity contribution >= 4 is 0 Å². The molecule has 1 rings (SSSR count). The van der Waals surface area contributed by atoms with Crippen molar-refractivity contribution in [2.75, 3.05) is 13.6 Å². The number of hydrogen-bond donors (Lipinski definition) is 2. The molecule has 1 aromatic rings. The van der Waals surface area contributed by atoms with Crippen LogP contribution in [0.5, 0.6) is 0 Å². The fourth-order valence-electron chi connectivity index (χ4n) is 1.81. The normalized spacial score (nSPS) is 13.1. The van der Waals surface area contributed by atoms with Gasteiger partial charge in [-0.1, -0.05) is 32.0 Å². The maximum Gasteiger partial charge on any atom is 0.0804 e. The van der Waals surface area contributed by atoms with Gasteiger partial charge in [0.05, 0.1) is 6.10 Å². The van der Waals surface area contributed by atoms with Crippen molar-refractivity contribution in [3.8, 4) is 0 Å². The van der Waals surface area contributed by atoms with Crippen LogP contribution in [0.15, 0.2) is 18.2 Å². The first-order chi connectivity index (χ1) is 7.56. The summed E-state index contributed by atoms with van der Waals surface area (Å²) in [6, 6.07) is 6.39. The summed E-state index contributed by atoms with van der Waals surface area (Å²) in [4.78, 5) is 0. The molecule has 0 spiro atoms. The van der Waals surface area contributed by atoms with Crippen molar-refractivity contribution in [1.29, 1.82) is 0 Å². The van der Waals surface area contributed by atoms with Crippen LogP contribution in [0.2, 0.25) is 0 Å². The molecule has 0 aliphatic rings. The van der Waals surface area contributed by atoms with Gasteiger partial charge < -0.3 is 10.4 Å². The van der Waals surface area contributed by atoms with E-state index < -0.39 is 0 Å². The molecule has 0 saturated carbocycles. The highest BCUT2D eigenvalue weighted by Crippen LogP contribution is 2.25. The summed E-state index contributed by atoms with van der Waals surface area (Å²) in [6.45, 7) is 7.25. The monoisotopic (exact) mass is 221 g/mol. The average molecular weight is 221 g/mol. The third-order valence-corrected chi connectivity index (χ3v) is 3.00. The zero-order valence-corrected chi connectivity index (χ0v) is 10.7. The summed E-state index contributed by atoms with van der Waals surface area (Å²) in [5, 5.41) is 13.2. The van der Waals surface area contributed by atoms with Gasteiger partial charge >= 0.3 is 0 Å². The van der Waals surface area contributed by atoms with E-state index in [0.717, 1.165) is 18.5 Å². The van der Waals surface area contributed by atoms with E-state index in [1.807, 2.05) is 7.05 Å². The highest BCUT2D eigenvalue weighted by atomic mass is 16.3. The Kier molecular flexibility index (Phi) is 4.97. The molecule has 0 aliphatic carbocycles. The lowest BCUT2D eigenvalue weighted by atomic mass is 9.94. The SMILES string of the molecule is CNCCC(O)c1cc(C(C)C)ccc1C. The smallest absolute Gasteiger partial charge is 0.0804 e. The van der Waals surface area contributed by atoms with Crippen LogP contribution in [0.4, 0.5) is 0 Å². The average Bonchev–Trinajstić information content (AvgIpc) is 2.26. The van der Waals surface area contributed by atoms with Gasteiger partial charge in [0.1, 0.15) is 0 Å². The molecule has 1 unspecified atom stereocenters. The van der Waals surface area contributed by atoms with E-state index in [4.69, 9.17) is 0 Å². The fourth-order valence-corrected chi connectivity index (χ4v) is 1.81. The predicted molar refractivity (Wildman–Crippen MR) is 68.8 cm³/mol. The second kappa shape index (κ2) is 6.02. The number of aliphatic hydroxyl groups excluding tert-OH is 1. The maximum atomic E-state index is 10.1. The van der Waals surface area contributed by atoms with Crippen LogP contribution in [-0.2, 0) is 0 Å². The summed E-state index contributed by atoms with van der Waals surface area (Å²) in [5.41, 5.74) is 3.54. The van der Waals surface area contributed by atoms with E-state index >= 15 is 0 Å². The highest BCUT2D eigenvalue weighted by molar-refractivity contribution is 5.34. The van der Waals surface area contributed by atoms with Crippen LogP contribution in [0.3, 0.4) is 0 Å². The van der Waals surface area contributed by atoms with Crippen LogP contribution in [0, 0.1) is 6.92 Å². The van der Waals surface area contributed by atoms with Crippen LogP contribution in [0.1, 0.15) is 49.0 Å². The summed E-state index contributed by atoms with van der Waals surface area (Å²) in [7, 11) is 1.91. The number of hydrogen-bond acceptors (Lipinski definition) is 2. The molecular weight excluding hydrogens is 198 g/mol. The molecule has 2 N–H and O–H groups in total. The number of nitrogens with one attached hydrogen (secondary N) is 1. The van der Waals surface area contributed by atoms with Gasteiger partial charge in [-0.05, 0) is 49.5 Å². The molecule has 0 aliphatic heterocycles. The maximum absolute atomic E-state index is 10.1. The Hall–Kier alpha value is -0.860. The van der Waals surface area contributed by atoms with Crippen molar-refractivity contribution in [2.45, 2.75) is 39.2 Å². The lowest BCUT2D eigenvalue weighted by Crippen LogP contribution is -2.12. The summed E-state index contributed by atoms with van der Waals surface area (Å²) >= 11 is 0. The molecule has 0 fully saturated rings. The molecule has 1 atom stereocenters. The van der Waals surface area contributed by atoms with Crippen molar-refractivity contribution in [3.05, 3.63) is 34.9 Å². The van der Waals surface area contributed by atoms with Crippen molar-refractivity contribution < 1.29 is 5.11 Å².